The molecule has 2 rings (SSSR count). The van der Waals surface area contributed by atoms with Crippen molar-refractivity contribution in [3.63, 3.8) is 0 Å². The molecule has 0 aliphatic rings. The number of pyridine rings is 1. The van der Waals surface area contributed by atoms with E-state index in [0.29, 0.717) is 0 Å². The van der Waals surface area contributed by atoms with Gasteiger partial charge in [0.15, 0.2) is 0 Å². The molecule has 2 heterocycles. The van der Waals surface area contributed by atoms with Crippen LogP contribution in [0.1, 0.15) is 26.3 Å². The average Bonchev–Trinajstić information content (AvgIpc) is 2.82. The Hall–Kier alpha value is -1.50. The zero-order valence-electron chi connectivity index (χ0n) is 12.9. The number of thiazole rings is 1. The molecule has 1 N–H and O–H groups in total. The largest absolute Gasteiger partial charge is 0.444 e. The molecule has 1 amide bonds. The zero-order chi connectivity index (χ0) is 17.4. The van der Waals surface area contributed by atoms with E-state index < -0.39 is 23.4 Å². The molecule has 24 heavy (non-hydrogen) atoms. The van der Waals surface area contributed by atoms with Crippen LogP contribution >= 0.6 is 11.3 Å². The maximum atomic E-state index is 13.1. The zero-order valence-corrected chi connectivity index (χ0v) is 16.4. The Balaban J connectivity index is 0.00000288. The molecule has 0 aliphatic heterocycles. The van der Waals surface area contributed by atoms with Crippen LogP contribution in [0.3, 0.4) is 0 Å². The first-order chi connectivity index (χ1) is 10.5. The number of nitrogens with zero attached hydrogens (tertiary/aromatic N) is 2. The fourth-order valence-electron chi connectivity index (χ4n) is 1.73. The van der Waals surface area contributed by atoms with E-state index >= 15 is 0 Å². The average molecular weight is 531 g/mol. The molecule has 0 unspecified atom stereocenters. The number of hydrogen-bond acceptors (Lipinski definition) is 5. The maximum absolute atomic E-state index is 13.1. The van der Waals surface area contributed by atoms with Crippen molar-refractivity contribution >= 4 is 39.0 Å². The van der Waals surface area contributed by atoms with E-state index in [9.17, 15) is 18.0 Å². The standard InChI is InChI=1S/C14H13F3N3O2S.Re/c1-7(14(15,16)17)9-8(20-12(21)22-13(2,3)4)5-18-11-10(9)19-6-23-11;/h5H,1H2,2-4H3,(H,20,21);/q-1;. The number of hydrogen-bond donors (Lipinski definition) is 1. The number of halogens is 3. The molecule has 0 saturated heterocycles. The van der Waals surface area contributed by atoms with Gasteiger partial charge < -0.3 is 14.7 Å². The number of amides is 1. The number of anilines is 1. The van der Waals surface area contributed by atoms with Gasteiger partial charge in [-0.05, 0) is 42.2 Å². The van der Waals surface area contributed by atoms with Gasteiger partial charge in [-0.3, -0.25) is 16.7 Å². The number of carbonyl (C=O) groups is 1. The van der Waals surface area contributed by atoms with E-state index in [1.807, 2.05) is 0 Å². The van der Waals surface area contributed by atoms with Gasteiger partial charge in [-0.15, -0.1) is 0 Å². The first kappa shape index (κ1) is 20.5. The Kier molecular flexibility index (Phi) is 6.14. The van der Waals surface area contributed by atoms with Gasteiger partial charge >= 0.3 is 12.3 Å². The maximum Gasteiger partial charge on any atom is 0.415 e. The van der Waals surface area contributed by atoms with Crippen LogP contribution < -0.4 is 5.32 Å². The van der Waals surface area contributed by atoms with E-state index in [0.717, 1.165) is 17.5 Å². The van der Waals surface area contributed by atoms with Crippen LogP contribution in [-0.4, -0.2) is 27.8 Å². The smallest absolute Gasteiger partial charge is 0.415 e. The van der Waals surface area contributed by atoms with Gasteiger partial charge in [0.1, 0.15) is 5.60 Å². The quantitative estimate of drug-likeness (QED) is 0.585. The fraction of sp³-hybridized carbons (Fsp3) is 0.357. The monoisotopic (exact) mass is 531 g/mol. The number of carbonyl (C=O) groups excluding carboxylic acids is 1. The van der Waals surface area contributed by atoms with Crippen molar-refractivity contribution in [2.24, 2.45) is 0 Å². The van der Waals surface area contributed by atoms with Gasteiger partial charge in [-0.2, -0.15) is 13.2 Å². The fourth-order valence-corrected chi connectivity index (χ4v) is 2.30. The van der Waals surface area contributed by atoms with Gasteiger partial charge in [0, 0.05) is 32.2 Å². The molecule has 2 aromatic rings. The predicted molar refractivity (Wildman–Crippen MR) is 81.2 cm³/mol. The van der Waals surface area contributed by atoms with Gasteiger partial charge in [0.05, 0.1) is 5.69 Å². The van der Waals surface area contributed by atoms with Crippen molar-refractivity contribution in [2.75, 3.05) is 5.32 Å². The molecular formula is C14H13F3N3O2ReS-. The summed E-state index contributed by atoms with van der Waals surface area (Å²) in [7, 11) is 0. The summed E-state index contributed by atoms with van der Waals surface area (Å²) < 4.78 is 44.2. The topological polar surface area (TPSA) is 64.1 Å². The van der Waals surface area contributed by atoms with Crippen molar-refractivity contribution in [1.82, 2.24) is 9.97 Å². The second-order valence-corrected chi connectivity index (χ2v) is 6.38. The first-order valence-corrected chi connectivity index (χ1v) is 7.23. The molecule has 0 spiro atoms. The molecule has 131 valence electrons. The summed E-state index contributed by atoms with van der Waals surface area (Å²) in [6.07, 6.45) is -4.46. The summed E-state index contributed by atoms with van der Waals surface area (Å²) in [5.74, 6) is 0. The van der Waals surface area contributed by atoms with Crippen molar-refractivity contribution in [1.29, 1.82) is 0 Å². The number of allylic oxidation sites excluding steroid dienone is 1. The van der Waals surface area contributed by atoms with Gasteiger partial charge in [-0.1, -0.05) is 6.58 Å². The Labute approximate surface area is 154 Å². The molecule has 0 aliphatic carbocycles. The third-order valence-corrected chi connectivity index (χ3v) is 3.27. The van der Waals surface area contributed by atoms with E-state index in [1.165, 1.54) is 0 Å². The first-order valence-electron chi connectivity index (χ1n) is 6.41. The van der Waals surface area contributed by atoms with Crippen LogP contribution in [0.4, 0.5) is 23.7 Å². The van der Waals surface area contributed by atoms with Crippen molar-refractivity contribution in [2.45, 2.75) is 32.5 Å². The second kappa shape index (κ2) is 7.17. The second-order valence-electron chi connectivity index (χ2n) is 5.61. The van der Waals surface area contributed by atoms with Crippen LogP contribution in [-0.2, 0) is 25.2 Å². The normalized spacial score (nSPS) is 11.8. The minimum atomic E-state index is -4.68. The van der Waals surface area contributed by atoms with Crippen molar-refractivity contribution in [3.8, 4) is 0 Å². The van der Waals surface area contributed by atoms with Gasteiger partial charge in [0.2, 0.25) is 0 Å². The predicted octanol–water partition coefficient (Wildman–Crippen LogP) is 4.41. The molecule has 10 heteroatoms. The van der Waals surface area contributed by atoms with Crippen LogP contribution in [0, 0.1) is 5.51 Å². The number of ether oxygens (including phenoxy) is 1. The van der Waals surface area contributed by atoms with Gasteiger partial charge in [-0.25, -0.2) is 4.79 Å². The summed E-state index contributed by atoms with van der Waals surface area (Å²) in [4.78, 5) is 19.8. The Morgan fingerprint density at radius 1 is 1.38 bits per heavy atom. The van der Waals surface area contributed by atoms with Gasteiger partial charge in [0.25, 0.3) is 0 Å². The third-order valence-electron chi connectivity index (χ3n) is 2.60. The number of nitrogens with one attached hydrogen (secondary N) is 1. The third kappa shape index (κ3) is 4.75. The van der Waals surface area contributed by atoms with Crippen LogP contribution in [0.15, 0.2) is 12.8 Å². The molecule has 1 radical (unpaired) electrons. The van der Waals surface area contributed by atoms with Crippen LogP contribution in [0.2, 0.25) is 0 Å². The Morgan fingerprint density at radius 3 is 2.54 bits per heavy atom. The summed E-state index contributed by atoms with van der Waals surface area (Å²) in [5, 5.41) is 2.27. The molecule has 0 saturated carbocycles. The van der Waals surface area contributed by atoms with E-state index in [4.69, 9.17) is 4.74 Å². The minimum absolute atomic E-state index is 0. The van der Waals surface area contributed by atoms with Crippen LogP contribution in [0.25, 0.3) is 15.9 Å². The summed E-state index contributed by atoms with van der Waals surface area (Å²) >= 11 is 0.967. The number of rotatable bonds is 2. The van der Waals surface area contributed by atoms with Crippen molar-refractivity contribution < 1.29 is 43.1 Å². The summed E-state index contributed by atoms with van der Waals surface area (Å²) in [6, 6.07) is 0. The number of aromatic nitrogens is 2. The summed E-state index contributed by atoms with van der Waals surface area (Å²) in [5.41, 5.74) is 0.0192. The Morgan fingerprint density at radius 2 is 2.00 bits per heavy atom. The molecule has 0 aromatic carbocycles. The van der Waals surface area contributed by atoms with E-state index in [-0.39, 0.29) is 42.0 Å². The molecule has 5 nitrogen and oxygen atoms in total. The summed E-state index contributed by atoms with van der Waals surface area (Å²) in [6.45, 7) is 7.99. The number of alkyl halides is 3. The molecular weight excluding hydrogens is 517 g/mol. The number of fused-ring (bicyclic) bond motifs is 1. The molecule has 0 atom stereocenters. The van der Waals surface area contributed by atoms with E-state index in [2.05, 4.69) is 27.4 Å². The van der Waals surface area contributed by atoms with Crippen molar-refractivity contribution in [3.05, 3.63) is 23.8 Å². The Bertz CT molecular complexity index is 769. The van der Waals surface area contributed by atoms with Crippen LogP contribution in [0.5, 0.6) is 0 Å². The molecule has 0 bridgehead atoms. The van der Waals surface area contributed by atoms with E-state index in [1.54, 1.807) is 20.8 Å². The molecule has 0 fully saturated rings. The molecule has 2 aromatic heterocycles. The minimum Gasteiger partial charge on any atom is -0.444 e. The SMILES string of the molecule is C=C(c1c(NC(=O)OC(C)(C)C)cnc2s[c-]nc12)C(F)(F)F.[Re].